The predicted octanol–water partition coefficient (Wildman–Crippen LogP) is 1.84. The van der Waals surface area contributed by atoms with Crippen LogP contribution in [0.4, 0.5) is 17.1 Å². The molecule has 0 saturated heterocycles. The highest BCUT2D eigenvalue weighted by Gasteiger charge is 2.15. The molecule has 1 aromatic rings. The van der Waals surface area contributed by atoms with Gasteiger partial charge in [0.05, 0.1) is 11.5 Å². The second kappa shape index (κ2) is 6.20. The zero-order valence-electron chi connectivity index (χ0n) is 10.9. The Morgan fingerprint density at radius 3 is 2.67 bits per heavy atom. The molecule has 1 aromatic carbocycles. The lowest BCUT2D eigenvalue weighted by Crippen LogP contribution is -2.31. The van der Waals surface area contributed by atoms with Gasteiger partial charge in [-0.05, 0) is 19.9 Å². The van der Waals surface area contributed by atoms with E-state index in [1.807, 2.05) is 24.8 Å². The molecule has 100 valence electrons. The van der Waals surface area contributed by atoms with Crippen molar-refractivity contribution in [2.75, 3.05) is 30.4 Å². The number of nitrogens with one attached hydrogen (secondary N) is 1. The molecule has 0 saturated carbocycles. The third-order valence-corrected chi connectivity index (χ3v) is 2.83. The summed E-state index contributed by atoms with van der Waals surface area (Å²) in [6, 6.07) is 4.75. The second-order valence-corrected chi connectivity index (χ2v) is 4.17. The lowest BCUT2D eigenvalue weighted by molar-refractivity contribution is -0.384. The Bertz CT molecular complexity index is 423. The summed E-state index contributed by atoms with van der Waals surface area (Å²) in [4.78, 5) is 12.3. The summed E-state index contributed by atoms with van der Waals surface area (Å²) in [6.45, 7) is 4.47. The molecule has 0 aliphatic heterocycles. The molecule has 18 heavy (non-hydrogen) atoms. The van der Waals surface area contributed by atoms with E-state index in [1.54, 1.807) is 7.05 Å². The number of nitro groups is 1. The van der Waals surface area contributed by atoms with E-state index in [0.717, 1.165) is 0 Å². The number of benzene rings is 1. The Morgan fingerprint density at radius 1 is 1.50 bits per heavy atom. The highest BCUT2D eigenvalue weighted by atomic mass is 16.6. The van der Waals surface area contributed by atoms with E-state index in [0.29, 0.717) is 17.9 Å². The zero-order valence-corrected chi connectivity index (χ0v) is 10.9. The molecule has 0 bridgehead atoms. The molecule has 0 spiro atoms. The smallest absolute Gasteiger partial charge is 0.273 e. The van der Waals surface area contributed by atoms with Gasteiger partial charge >= 0.3 is 0 Å². The van der Waals surface area contributed by atoms with Crippen LogP contribution in [0.3, 0.4) is 0 Å². The van der Waals surface area contributed by atoms with Gasteiger partial charge in [0, 0.05) is 43.1 Å². The minimum absolute atomic E-state index is 0.00423. The van der Waals surface area contributed by atoms with E-state index in [4.69, 9.17) is 5.11 Å². The number of hydrogen-bond donors (Lipinski definition) is 2. The number of likely N-dealkylation sites (N-methyl/N-ethyl adjacent to an activating group) is 1. The van der Waals surface area contributed by atoms with Crippen molar-refractivity contribution in [2.45, 2.75) is 19.9 Å². The van der Waals surface area contributed by atoms with Crippen molar-refractivity contribution in [1.82, 2.24) is 0 Å². The molecule has 0 amide bonds. The first-order valence-electron chi connectivity index (χ1n) is 5.86. The van der Waals surface area contributed by atoms with Crippen LogP contribution in [0.5, 0.6) is 0 Å². The molecule has 1 rings (SSSR count). The normalized spacial score (nSPS) is 12.0. The van der Waals surface area contributed by atoms with Gasteiger partial charge in [-0.1, -0.05) is 0 Å². The van der Waals surface area contributed by atoms with Crippen molar-refractivity contribution in [3.63, 3.8) is 0 Å². The van der Waals surface area contributed by atoms with E-state index in [-0.39, 0.29) is 18.3 Å². The Kier molecular flexibility index (Phi) is 4.91. The number of rotatable bonds is 6. The lowest BCUT2D eigenvalue weighted by Gasteiger charge is -2.25. The van der Waals surface area contributed by atoms with Gasteiger partial charge in [-0.2, -0.15) is 0 Å². The van der Waals surface area contributed by atoms with E-state index >= 15 is 0 Å². The predicted molar refractivity (Wildman–Crippen MR) is 72.2 cm³/mol. The van der Waals surface area contributed by atoms with E-state index < -0.39 is 4.92 Å². The van der Waals surface area contributed by atoms with Gasteiger partial charge in [0.1, 0.15) is 0 Å². The van der Waals surface area contributed by atoms with Gasteiger partial charge < -0.3 is 15.3 Å². The summed E-state index contributed by atoms with van der Waals surface area (Å²) in [5.41, 5.74) is 1.46. The molecule has 0 aromatic heterocycles. The average molecular weight is 253 g/mol. The quantitative estimate of drug-likeness (QED) is 0.597. The fraction of sp³-hybridized carbons (Fsp3) is 0.500. The monoisotopic (exact) mass is 253 g/mol. The van der Waals surface area contributed by atoms with Crippen LogP contribution >= 0.6 is 0 Å². The van der Waals surface area contributed by atoms with Crippen molar-refractivity contribution < 1.29 is 10.0 Å². The van der Waals surface area contributed by atoms with Gasteiger partial charge in [0.2, 0.25) is 0 Å². The summed E-state index contributed by atoms with van der Waals surface area (Å²) in [6.07, 6.45) is 0. The van der Waals surface area contributed by atoms with Crippen LogP contribution in [0.2, 0.25) is 0 Å². The largest absolute Gasteiger partial charge is 0.394 e. The van der Waals surface area contributed by atoms with Crippen molar-refractivity contribution in [2.24, 2.45) is 0 Å². The molecular weight excluding hydrogens is 234 g/mol. The molecule has 6 heteroatoms. The maximum absolute atomic E-state index is 10.9. The summed E-state index contributed by atoms with van der Waals surface area (Å²) in [7, 11) is 1.80. The first-order chi connectivity index (χ1) is 8.49. The summed E-state index contributed by atoms with van der Waals surface area (Å²) >= 11 is 0. The van der Waals surface area contributed by atoms with Gasteiger partial charge in [-0.25, -0.2) is 0 Å². The number of hydrogen-bond acceptors (Lipinski definition) is 5. The highest BCUT2D eigenvalue weighted by molar-refractivity contribution is 5.64. The summed E-state index contributed by atoms with van der Waals surface area (Å²) < 4.78 is 0. The first kappa shape index (κ1) is 14.2. The minimum Gasteiger partial charge on any atom is -0.394 e. The van der Waals surface area contributed by atoms with Crippen LogP contribution in [0, 0.1) is 10.1 Å². The topological polar surface area (TPSA) is 78.6 Å². The molecule has 0 fully saturated rings. The first-order valence-corrected chi connectivity index (χ1v) is 5.86. The molecule has 1 atom stereocenters. The Morgan fingerprint density at radius 2 is 2.17 bits per heavy atom. The van der Waals surface area contributed by atoms with Crippen LogP contribution in [0.1, 0.15) is 13.8 Å². The Balaban J connectivity index is 3.13. The highest BCUT2D eigenvalue weighted by Crippen LogP contribution is 2.27. The van der Waals surface area contributed by atoms with Crippen LogP contribution < -0.4 is 10.2 Å². The number of nitrogens with zero attached hydrogens (tertiary/aromatic N) is 2. The zero-order chi connectivity index (χ0) is 13.7. The third kappa shape index (κ3) is 3.33. The Labute approximate surface area is 106 Å². The number of anilines is 2. The fourth-order valence-corrected chi connectivity index (χ4v) is 1.59. The molecule has 2 N–H and O–H groups in total. The molecule has 0 aliphatic rings. The SMILES string of the molecule is CCNc1cc(N(C)C(C)CO)cc([N+](=O)[O-])c1. The molecule has 1 unspecified atom stereocenters. The van der Waals surface area contributed by atoms with Gasteiger partial charge in [0.15, 0.2) is 0 Å². The van der Waals surface area contributed by atoms with Crippen molar-refractivity contribution >= 4 is 17.1 Å². The van der Waals surface area contributed by atoms with Crippen molar-refractivity contribution in [1.29, 1.82) is 0 Å². The van der Waals surface area contributed by atoms with Crippen LogP contribution in [0.15, 0.2) is 18.2 Å². The fourth-order valence-electron chi connectivity index (χ4n) is 1.59. The lowest BCUT2D eigenvalue weighted by atomic mass is 10.2. The van der Waals surface area contributed by atoms with Crippen molar-refractivity contribution in [3.8, 4) is 0 Å². The maximum Gasteiger partial charge on any atom is 0.273 e. The molecule has 0 radical (unpaired) electrons. The standard InChI is InChI=1S/C12H19N3O3/c1-4-13-10-5-11(14(3)9(2)8-16)7-12(6-10)15(17)18/h5-7,9,13,16H,4,8H2,1-3H3. The summed E-state index contributed by atoms with van der Waals surface area (Å²) in [5.74, 6) is 0. The van der Waals surface area contributed by atoms with Crippen LogP contribution in [-0.2, 0) is 0 Å². The Hall–Kier alpha value is -1.82. The molecule has 6 nitrogen and oxygen atoms in total. The number of aliphatic hydroxyl groups is 1. The molecule has 0 heterocycles. The number of non-ortho nitro benzene ring substituents is 1. The van der Waals surface area contributed by atoms with Gasteiger partial charge in [-0.15, -0.1) is 0 Å². The van der Waals surface area contributed by atoms with E-state index in [2.05, 4.69) is 5.32 Å². The van der Waals surface area contributed by atoms with E-state index in [1.165, 1.54) is 12.1 Å². The van der Waals surface area contributed by atoms with E-state index in [9.17, 15) is 10.1 Å². The minimum atomic E-state index is -0.415. The molecule has 0 aliphatic carbocycles. The number of aliphatic hydroxyl groups excluding tert-OH is 1. The van der Waals surface area contributed by atoms with Gasteiger partial charge in [-0.3, -0.25) is 10.1 Å². The third-order valence-electron chi connectivity index (χ3n) is 2.83. The second-order valence-electron chi connectivity index (χ2n) is 4.17. The van der Waals surface area contributed by atoms with Gasteiger partial charge in [0.25, 0.3) is 5.69 Å². The van der Waals surface area contributed by atoms with Crippen LogP contribution in [0.25, 0.3) is 0 Å². The average Bonchev–Trinajstić information content (AvgIpc) is 2.36. The molecular formula is C12H19N3O3. The maximum atomic E-state index is 10.9. The van der Waals surface area contributed by atoms with Crippen molar-refractivity contribution in [3.05, 3.63) is 28.3 Å². The summed E-state index contributed by atoms with van der Waals surface area (Å²) in [5, 5.41) is 23.1. The van der Waals surface area contributed by atoms with Crippen LogP contribution in [-0.4, -0.2) is 36.3 Å². The number of nitro benzene ring substituents is 1.